The van der Waals surface area contributed by atoms with Crippen LogP contribution < -0.4 is 0 Å². The Morgan fingerprint density at radius 3 is 2.50 bits per heavy atom. The number of rotatable bonds is 1. The molecule has 10 heavy (non-hydrogen) atoms. The van der Waals surface area contributed by atoms with Crippen molar-refractivity contribution >= 4 is 0 Å². The van der Waals surface area contributed by atoms with Crippen LogP contribution in [0.1, 0.15) is 25.3 Å². The van der Waals surface area contributed by atoms with Crippen molar-refractivity contribution in [2.24, 2.45) is 0 Å². The summed E-state index contributed by atoms with van der Waals surface area (Å²) in [7, 11) is 0. The summed E-state index contributed by atoms with van der Waals surface area (Å²) in [4.78, 5) is 3.95. The molecule has 0 N–H and O–H groups in total. The van der Waals surface area contributed by atoms with Crippen LogP contribution in [0, 0.1) is 6.07 Å². The van der Waals surface area contributed by atoms with Crippen LogP contribution >= 0.6 is 0 Å². The van der Waals surface area contributed by atoms with Crippen molar-refractivity contribution in [3.8, 4) is 0 Å². The summed E-state index contributed by atoms with van der Waals surface area (Å²) >= 11 is 0. The normalized spacial score (nSPS) is 9.10. The average Bonchev–Trinajstić information content (AvgIpc) is 1.90. The van der Waals surface area contributed by atoms with E-state index < -0.39 is 0 Å². The molecule has 1 aromatic heterocycles. The minimum atomic E-state index is 0. The van der Waals surface area contributed by atoms with Gasteiger partial charge in [-0.1, -0.05) is 32.2 Å². The Bertz CT molecular complexity index is 172. The van der Waals surface area contributed by atoms with E-state index in [4.69, 9.17) is 0 Å². The molecule has 0 aromatic carbocycles. The molecule has 0 spiro atoms. The summed E-state index contributed by atoms with van der Waals surface area (Å²) in [5, 5.41) is 0. The Morgan fingerprint density at radius 1 is 1.50 bits per heavy atom. The van der Waals surface area contributed by atoms with Crippen molar-refractivity contribution < 1.29 is 19.5 Å². The first-order chi connectivity index (χ1) is 4.30. The van der Waals surface area contributed by atoms with Crippen LogP contribution in [-0.4, -0.2) is 4.98 Å². The smallest absolute Gasteiger partial charge is 0 e. The van der Waals surface area contributed by atoms with Gasteiger partial charge >= 0.3 is 0 Å². The Balaban J connectivity index is 0.000000810. The third kappa shape index (κ3) is 2.57. The second kappa shape index (κ2) is 4.57. The van der Waals surface area contributed by atoms with Gasteiger partial charge in [0.25, 0.3) is 0 Å². The molecule has 0 amide bonds. The van der Waals surface area contributed by atoms with E-state index in [1.54, 1.807) is 6.20 Å². The summed E-state index contributed by atoms with van der Waals surface area (Å²) in [6.45, 7) is 4.29. The monoisotopic (exact) mass is 223 g/mol. The van der Waals surface area contributed by atoms with E-state index >= 15 is 0 Å². The van der Waals surface area contributed by atoms with Gasteiger partial charge in [0.15, 0.2) is 0 Å². The number of hydrogen-bond donors (Lipinski definition) is 0. The maximum Gasteiger partial charge on any atom is 0 e. The fourth-order valence-electron chi connectivity index (χ4n) is 0.653. The van der Waals surface area contributed by atoms with Crippen molar-refractivity contribution in [3.05, 3.63) is 30.1 Å². The van der Waals surface area contributed by atoms with Gasteiger partial charge < -0.3 is 4.98 Å². The predicted octanol–water partition coefficient (Wildman–Crippen LogP) is 2.00. The summed E-state index contributed by atoms with van der Waals surface area (Å²) in [5.41, 5.74) is 1.25. The molecule has 0 saturated heterocycles. The Labute approximate surface area is 74.6 Å². The summed E-state index contributed by atoms with van der Waals surface area (Å²) in [6, 6.07) is 4.90. The van der Waals surface area contributed by atoms with E-state index in [1.807, 2.05) is 12.3 Å². The zero-order chi connectivity index (χ0) is 6.69. The molecule has 0 atom stereocenters. The Hall–Kier alpha value is -0.227. The number of hydrogen-bond acceptors (Lipinski definition) is 1. The standard InChI is InChI=1S/C8H10N.Rh/c1-7(2)8-4-3-5-9-6-8;/h4-7H,1-2H3;/q-1;. The second-order valence-electron chi connectivity index (χ2n) is 2.37. The molecule has 0 saturated carbocycles. The van der Waals surface area contributed by atoms with Gasteiger partial charge in [0.2, 0.25) is 0 Å². The van der Waals surface area contributed by atoms with Crippen LogP contribution in [-0.2, 0) is 19.5 Å². The quantitative estimate of drug-likeness (QED) is 0.524. The van der Waals surface area contributed by atoms with Gasteiger partial charge in [0, 0.05) is 19.5 Å². The van der Waals surface area contributed by atoms with Crippen molar-refractivity contribution in [2.45, 2.75) is 19.8 Å². The Kier molecular flexibility index (Phi) is 4.46. The first kappa shape index (κ1) is 9.77. The molecule has 0 aliphatic carbocycles. The predicted molar refractivity (Wildman–Crippen MR) is 37.2 cm³/mol. The van der Waals surface area contributed by atoms with Gasteiger partial charge in [-0.05, 0) is 0 Å². The number of pyridine rings is 1. The van der Waals surface area contributed by atoms with E-state index in [0.717, 1.165) is 0 Å². The molecule has 57 valence electrons. The minimum Gasteiger partial charge on any atom is -0.304 e. The maximum atomic E-state index is 3.95. The van der Waals surface area contributed by atoms with E-state index in [1.165, 1.54) is 5.56 Å². The SMILES string of the molecule is CC(C)c1c[c-]cnc1.[Rh]. The number of nitrogens with zero attached hydrogens (tertiary/aromatic N) is 1. The van der Waals surface area contributed by atoms with Gasteiger partial charge in [-0.25, -0.2) is 12.1 Å². The van der Waals surface area contributed by atoms with Gasteiger partial charge in [0.05, 0.1) is 0 Å². The van der Waals surface area contributed by atoms with Crippen LogP contribution in [0.25, 0.3) is 0 Å². The summed E-state index contributed by atoms with van der Waals surface area (Å²) in [5.74, 6) is 0.565. The fourth-order valence-corrected chi connectivity index (χ4v) is 0.653. The topological polar surface area (TPSA) is 12.9 Å². The largest absolute Gasteiger partial charge is 0.304 e. The van der Waals surface area contributed by atoms with Crippen LogP contribution in [0.2, 0.25) is 0 Å². The van der Waals surface area contributed by atoms with Gasteiger partial charge in [0.1, 0.15) is 0 Å². The fraction of sp³-hybridized carbons (Fsp3) is 0.375. The van der Waals surface area contributed by atoms with E-state index in [-0.39, 0.29) is 19.5 Å². The number of aromatic nitrogens is 1. The van der Waals surface area contributed by atoms with Crippen LogP contribution in [0.15, 0.2) is 18.5 Å². The minimum absolute atomic E-state index is 0. The van der Waals surface area contributed by atoms with E-state index in [9.17, 15) is 0 Å². The molecule has 0 aliphatic heterocycles. The van der Waals surface area contributed by atoms with Crippen LogP contribution in [0.5, 0.6) is 0 Å². The molecule has 0 bridgehead atoms. The first-order valence-corrected chi connectivity index (χ1v) is 3.11. The molecule has 0 aliphatic rings. The molecule has 1 radical (unpaired) electrons. The molecule has 2 heteroatoms. The van der Waals surface area contributed by atoms with Crippen molar-refractivity contribution in [2.75, 3.05) is 0 Å². The van der Waals surface area contributed by atoms with E-state index in [2.05, 4.69) is 24.9 Å². The van der Waals surface area contributed by atoms with Crippen molar-refractivity contribution in [1.29, 1.82) is 0 Å². The molecule has 1 heterocycles. The maximum absolute atomic E-state index is 3.95. The third-order valence-corrected chi connectivity index (χ3v) is 1.29. The van der Waals surface area contributed by atoms with Crippen LogP contribution in [0.3, 0.4) is 0 Å². The molecular formula is C8H10NRh-. The zero-order valence-corrected chi connectivity index (χ0v) is 7.73. The van der Waals surface area contributed by atoms with Gasteiger partial charge in [-0.15, -0.1) is 0 Å². The average molecular weight is 223 g/mol. The zero-order valence-electron chi connectivity index (χ0n) is 6.09. The van der Waals surface area contributed by atoms with Gasteiger partial charge in [-0.2, -0.15) is 5.56 Å². The van der Waals surface area contributed by atoms with Crippen LogP contribution in [0.4, 0.5) is 0 Å². The third-order valence-electron chi connectivity index (χ3n) is 1.29. The summed E-state index contributed by atoms with van der Waals surface area (Å²) < 4.78 is 0. The van der Waals surface area contributed by atoms with Gasteiger partial charge in [-0.3, -0.25) is 0 Å². The molecule has 0 unspecified atom stereocenters. The molecular weight excluding hydrogens is 213 g/mol. The van der Waals surface area contributed by atoms with E-state index in [0.29, 0.717) is 5.92 Å². The van der Waals surface area contributed by atoms with Crippen molar-refractivity contribution in [1.82, 2.24) is 4.98 Å². The molecule has 1 rings (SSSR count). The Morgan fingerprint density at radius 2 is 2.20 bits per heavy atom. The second-order valence-corrected chi connectivity index (χ2v) is 2.37. The van der Waals surface area contributed by atoms with Crippen molar-refractivity contribution in [3.63, 3.8) is 0 Å². The molecule has 1 nitrogen and oxygen atoms in total. The molecule has 0 fully saturated rings. The summed E-state index contributed by atoms with van der Waals surface area (Å²) in [6.07, 6.45) is 3.55. The molecule has 1 aromatic rings. The first-order valence-electron chi connectivity index (χ1n) is 3.11.